The molecule has 0 amide bonds. The molecule has 4 aliphatic rings. The molecule has 0 fully saturated rings. The Morgan fingerprint density at radius 3 is 0.835 bits per heavy atom. The van der Waals surface area contributed by atoms with Crippen LogP contribution in [0.1, 0.15) is 99.8 Å². The van der Waals surface area contributed by atoms with Crippen molar-refractivity contribution in [2.24, 2.45) is 20.4 Å². The number of fused-ring (bicyclic) bond motifs is 12. The van der Waals surface area contributed by atoms with Crippen LogP contribution < -0.4 is 0 Å². The average Bonchev–Trinajstić information content (AvgIpc) is 2.13. The molecule has 85 heavy (non-hydrogen) atoms. The van der Waals surface area contributed by atoms with Crippen LogP contribution in [-0.4, -0.2) is 58.2 Å². The molecule has 0 aliphatic heterocycles. The molecule has 10 aromatic carbocycles. The van der Waals surface area contributed by atoms with E-state index in [4.69, 9.17) is 29.9 Å². The highest BCUT2D eigenvalue weighted by Gasteiger charge is 2.35. The molecule has 10 aromatic rings. The van der Waals surface area contributed by atoms with Crippen LogP contribution in [0.5, 0.6) is 0 Å². The number of rotatable bonds is 12. The minimum absolute atomic E-state index is 0.0920. The minimum atomic E-state index is -0.385. The van der Waals surface area contributed by atoms with Crippen LogP contribution in [0.4, 0.5) is 0 Å². The maximum absolute atomic E-state index is 14.3. The third-order valence-electron chi connectivity index (χ3n) is 15.3. The Labute approximate surface area is 502 Å². The monoisotopic (exact) mass is 1160 g/mol. The van der Waals surface area contributed by atoms with Gasteiger partial charge in [0.25, 0.3) is 0 Å². The summed E-state index contributed by atoms with van der Waals surface area (Å²) in [5.74, 6) is -0.771. The first-order valence-corrected chi connectivity index (χ1v) is 30.1. The Morgan fingerprint density at radius 1 is 0.294 bits per heavy atom. The fraction of sp³-hybridized carbons (Fsp3) is 0.0556. The second-order valence-electron chi connectivity index (χ2n) is 20.2. The summed E-state index contributed by atoms with van der Waals surface area (Å²) in [5.41, 5.74) is 18.3. The second kappa shape index (κ2) is 22.4. The molecular formula is C72H46N4O6S3. The number of carbonyl (C=O) groups excluding carboxylic acids is 4. The third-order valence-corrected chi connectivity index (χ3v) is 18.2. The average molecular weight is 1160 g/mol. The lowest BCUT2D eigenvalue weighted by molar-refractivity contribution is 0.0517. The van der Waals surface area contributed by atoms with Gasteiger partial charge in [0.1, 0.15) is 22.8 Å². The van der Waals surface area contributed by atoms with Crippen molar-refractivity contribution in [3.63, 3.8) is 0 Å². The second-order valence-corrected chi connectivity index (χ2v) is 23.4. The summed E-state index contributed by atoms with van der Waals surface area (Å²) in [4.78, 5) is 58.5. The maximum Gasteiger partial charge on any atom is 0.338 e. The van der Waals surface area contributed by atoms with Crippen LogP contribution in [-0.2, 0) is 9.47 Å². The first-order valence-electron chi connectivity index (χ1n) is 27.7. The van der Waals surface area contributed by atoms with Gasteiger partial charge in [-0.2, -0.15) is 0 Å². The van der Waals surface area contributed by atoms with Crippen molar-refractivity contribution < 1.29 is 28.7 Å². The molecule has 0 atom stereocenters. The van der Waals surface area contributed by atoms with Crippen molar-refractivity contribution in [3.05, 3.63) is 285 Å². The highest BCUT2D eigenvalue weighted by atomic mass is 32.2. The SMILES string of the molecule is CCOC(=O)c1cccc2c1-c1ccccc1C2=NN=C1c2ccccc2-c2c(C(=O)Sc3ccc(Sc4ccc(SC(=O)c5cccc6c5-c5ccccc5C6=NN=C5c6ccccc6-c6c(C(=O)OCC)cccc65)cc4)cc3)cccc21. The molecule has 0 heterocycles. The Morgan fingerprint density at radius 2 is 0.541 bits per heavy atom. The van der Waals surface area contributed by atoms with Crippen molar-refractivity contribution in [1.82, 2.24) is 0 Å². The number of hydrogen-bond donors (Lipinski definition) is 0. The van der Waals surface area contributed by atoms with Crippen molar-refractivity contribution in [1.29, 1.82) is 0 Å². The Kier molecular flexibility index (Phi) is 14.0. The molecule has 4 aliphatic carbocycles. The summed E-state index contributed by atoms with van der Waals surface area (Å²) in [6.45, 7) is 4.13. The molecule has 0 saturated heterocycles. The van der Waals surface area contributed by atoms with E-state index in [1.54, 1.807) is 37.7 Å². The van der Waals surface area contributed by atoms with E-state index in [0.29, 0.717) is 45.1 Å². The Balaban J connectivity index is 0.671. The van der Waals surface area contributed by atoms with Gasteiger partial charge in [-0.05, 0) is 132 Å². The van der Waals surface area contributed by atoms with Gasteiger partial charge in [0.05, 0.1) is 24.3 Å². The van der Waals surface area contributed by atoms with Crippen molar-refractivity contribution in [2.45, 2.75) is 33.4 Å². The summed E-state index contributed by atoms with van der Waals surface area (Å²) in [6, 6.07) is 70.3. The molecule has 0 saturated carbocycles. The molecule has 0 N–H and O–H groups in total. The van der Waals surface area contributed by atoms with Gasteiger partial charge in [-0.3, -0.25) is 9.59 Å². The van der Waals surface area contributed by atoms with Crippen LogP contribution in [0, 0.1) is 0 Å². The fourth-order valence-corrected chi connectivity index (χ4v) is 14.1. The zero-order valence-corrected chi connectivity index (χ0v) is 48.1. The molecule has 0 unspecified atom stereocenters. The highest BCUT2D eigenvalue weighted by molar-refractivity contribution is 8.14. The molecule has 0 spiro atoms. The number of thioether (sulfide) groups is 2. The van der Waals surface area contributed by atoms with E-state index in [9.17, 15) is 19.2 Å². The van der Waals surface area contributed by atoms with E-state index in [2.05, 4.69) is 0 Å². The zero-order valence-electron chi connectivity index (χ0n) is 45.7. The first-order chi connectivity index (χ1) is 41.8. The smallest absolute Gasteiger partial charge is 0.338 e. The lowest BCUT2D eigenvalue weighted by Crippen LogP contribution is -2.07. The lowest BCUT2D eigenvalue weighted by atomic mass is 9.99. The summed E-state index contributed by atoms with van der Waals surface area (Å²) < 4.78 is 10.9. The van der Waals surface area contributed by atoms with Gasteiger partial charge in [0.2, 0.25) is 10.2 Å². The van der Waals surface area contributed by atoms with E-state index in [-0.39, 0.29) is 35.4 Å². The fourth-order valence-electron chi connectivity index (χ4n) is 11.7. The van der Waals surface area contributed by atoms with Crippen LogP contribution in [0.25, 0.3) is 44.5 Å². The largest absolute Gasteiger partial charge is 0.462 e. The third kappa shape index (κ3) is 9.46. The van der Waals surface area contributed by atoms with Gasteiger partial charge in [0.15, 0.2) is 0 Å². The predicted octanol–water partition coefficient (Wildman–Crippen LogP) is 16.6. The number of esters is 2. The first kappa shape index (κ1) is 53.2. The van der Waals surface area contributed by atoms with Crippen LogP contribution >= 0.6 is 35.3 Å². The summed E-state index contributed by atoms with van der Waals surface area (Å²) in [5, 5.41) is 19.5. The molecular weight excluding hydrogens is 1110 g/mol. The predicted molar refractivity (Wildman–Crippen MR) is 339 cm³/mol. The van der Waals surface area contributed by atoms with Gasteiger partial charge in [0, 0.05) is 97.5 Å². The van der Waals surface area contributed by atoms with Gasteiger partial charge >= 0.3 is 11.9 Å². The Bertz CT molecular complexity index is 4330. The van der Waals surface area contributed by atoms with E-state index < -0.39 is 0 Å². The van der Waals surface area contributed by atoms with Gasteiger partial charge in [-0.15, -0.1) is 20.4 Å². The van der Waals surface area contributed by atoms with Crippen molar-refractivity contribution >= 4 is 80.3 Å². The summed E-state index contributed by atoms with van der Waals surface area (Å²) in [6.07, 6.45) is 0. The summed E-state index contributed by atoms with van der Waals surface area (Å²) in [7, 11) is 0. The van der Waals surface area contributed by atoms with Crippen molar-refractivity contribution in [2.75, 3.05) is 13.2 Å². The number of nitrogens with zero attached hydrogens (tertiary/aromatic N) is 4. The quantitative estimate of drug-likeness (QED) is 0.0665. The minimum Gasteiger partial charge on any atom is -0.462 e. The molecule has 408 valence electrons. The lowest BCUT2D eigenvalue weighted by Gasteiger charge is -2.09. The van der Waals surface area contributed by atoms with E-state index in [1.165, 1.54) is 23.5 Å². The molecule has 0 radical (unpaired) electrons. The van der Waals surface area contributed by atoms with Gasteiger partial charge in [-0.1, -0.05) is 157 Å². The van der Waals surface area contributed by atoms with Gasteiger partial charge < -0.3 is 9.47 Å². The van der Waals surface area contributed by atoms with Crippen LogP contribution in [0.3, 0.4) is 0 Å². The van der Waals surface area contributed by atoms with Crippen LogP contribution in [0.15, 0.2) is 258 Å². The van der Waals surface area contributed by atoms with E-state index in [0.717, 1.165) is 109 Å². The number of hydrogen-bond acceptors (Lipinski definition) is 13. The molecule has 10 nitrogen and oxygen atoms in total. The van der Waals surface area contributed by atoms with Crippen molar-refractivity contribution in [3.8, 4) is 44.5 Å². The zero-order chi connectivity index (χ0) is 57.7. The molecule has 14 rings (SSSR count). The molecule has 0 aromatic heterocycles. The Hall–Kier alpha value is -9.79. The van der Waals surface area contributed by atoms with Gasteiger partial charge in [-0.25, -0.2) is 9.59 Å². The topological polar surface area (TPSA) is 136 Å². The number of ether oxygens (including phenoxy) is 2. The molecule has 13 heteroatoms. The number of benzene rings is 10. The number of carbonyl (C=O) groups is 4. The van der Waals surface area contributed by atoms with E-state index in [1.807, 2.05) is 206 Å². The summed E-state index contributed by atoms with van der Waals surface area (Å²) >= 11 is 3.96. The highest BCUT2D eigenvalue weighted by Crippen LogP contribution is 2.46. The standard InChI is InChI=1S/C72H46N4O6S3/c1-3-81-69(77)57-29-13-25-53-61(57)45-17-5-9-21-49(45)65(53)73-75-67-51-23-11-7-19-47(51)63-55(67)27-15-31-59(63)71(79)84-43-37-33-41(34-38-43)83-42-35-39-44(40-36-42)85-72(80)60-32-16-28-56-64(60)48-20-8-12-24-52(48)68(56)76-74-66-50-22-10-6-18-46(50)62-54(66)26-14-30-58(62)70(78)82-4-2/h5-40H,3-4H2,1-2H3. The molecule has 0 bridgehead atoms. The van der Waals surface area contributed by atoms with Crippen LogP contribution in [0.2, 0.25) is 0 Å². The van der Waals surface area contributed by atoms with E-state index >= 15 is 0 Å². The maximum atomic E-state index is 14.3. The normalized spacial score (nSPS) is 14.5.